The Morgan fingerprint density at radius 3 is 2.58 bits per heavy atom. The first-order valence-corrected chi connectivity index (χ1v) is 10.2. The molecule has 0 aliphatic carbocycles. The number of hydrazine groups is 1. The second-order valence-corrected chi connectivity index (χ2v) is 7.75. The third kappa shape index (κ3) is 7.03. The van der Waals surface area contributed by atoms with Crippen LogP contribution in [0, 0.1) is 0 Å². The minimum absolute atomic E-state index is 0.0366. The number of hydrogen-bond acceptors (Lipinski definition) is 3. The van der Waals surface area contributed by atoms with Crippen molar-refractivity contribution in [3.63, 3.8) is 0 Å². The molecule has 2 aromatic rings. The maximum Gasteiger partial charge on any atom is 0.248 e. The fraction of sp³-hybridized carbons (Fsp3) is 0.222. The molecule has 0 spiro atoms. The molecule has 1 amide bonds. The van der Waals surface area contributed by atoms with Gasteiger partial charge in [0.15, 0.2) is 5.11 Å². The number of thiocarbonyl (C=S) groups is 1. The molecule has 0 aromatic heterocycles. The first-order valence-electron chi connectivity index (χ1n) is 7.87. The van der Waals surface area contributed by atoms with Gasteiger partial charge in [-0.05, 0) is 42.4 Å². The van der Waals surface area contributed by atoms with Gasteiger partial charge in [-0.15, -0.1) is 11.8 Å². The standard InChI is InChI=1S/C18H19Cl2N3OS2/c1-12(13-5-3-2-4-6-13)21-18(25)23-22-17(24)11-26-10-14-7-8-15(19)9-16(14)20/h2-9,12H,10-11H2,1H3,(H,22,24)(H2,21,23,25)/t12-/m0/s1. The summed E-state index contributed by atoms with van der Waals surface area (Å²) < 4.78 is 0. The number of halogens is 2. The Balaban J connectivity index is 1.67. The molecule has 26 heavy (non-hydrogen) atoms. The molecule has 0 bridgehead atoms. The first kappa shape index (κ1) is 20.8. The average Bonchev–Trinajstić information content (AvgIpc) is 2.62. The van der Waals surface area contributed by atoms with Gasteiger partial charge in [0.2, 0.25) is 5.91 Å². The van der Waals surface area contributed by atoms with Crippen molar-refractivity contribution in [2.45, 2.75) is 18.7 Å². The second kappa shape index (κ2) is 10.6. The maximum atomic E-state index is 11.9. The highest BCUT2D eigenvalue weighted by atomic mass is 35.5. The van der Waals surface area contributed by atoms with Crippen LogP contribution in [-0.4, -0.2) is 16.8 Å². The van der Waals surface area contributed by atoms with Gasteiger partial charge in [-0.1, -0.05) is 59.6 Å². The summed E-state index contributed by atoms with van der Waals surface area (Å²) >= 11 is 18.6. The van der Waals surface area contributed by atoms with E-state index in [-0.39, 0.29) is 17.7 Å². The Kier molecular flexibility index (Phi) is 8.51. The fourth-order valence-electron chi connectivity index (χ4n) is 2.11. The van der Waals surface area contributed by atoms with Crippen LogP contribution in [0.1, 0.15) is 24.1 Å². The van der Waals surface area contributed by atoms with E-state index in [4.69, 9.17) is 35.4 Å². The van der Waals surface area contributed by atoms with E-state index < -0.39 is 0 Å². The maximum absolute atomic E-state index is 11.9. The molecule has 0 saturated heterocycles. The molecule has 0 heterocycles. The predicted octanol–water partition coefficient (Wildman–Crippen LogP) is 4.48. The van der Waals surface area contributed by atoms with Crippen molar-refractivity contribution in [3.05, 3.63) is 69.7 Å². The van der Waals surface area contributed by atoms with E-state index >= 15 is 0 Å². The van der Waals surface area contributed by atoms with E-state index in [1.54, 1.807) is 12.1 Å². The van der Waals surface area contributed by atoms with Crippen LogP contribution >= 0.6 is 47.2 Å². The average molecular weight is 428 g/mol. The fourth-order valence-corrected chi connectivity index (χ4v) is 3.73. The van der Waals surface area contributed by atoms with E-state index in [0.717, 1.165) is 11.1 Å². The molecular weight excluding hydrogens is 409 g/mol. The van der Waals surface area contributed by atoms with Gasteiger partial charge in [0, 0.05) is 15.8 Å². The highest BCUT2D eigenvalue weighted by molar-refractivity contribution is 7.99. The van der Waals surface area contributed by atoms with Crippen molar-refractivity contribution in [2.75, 3.05) is 5.75 Å². The Labute approximate surface area is 173 Å². The third-order valence-corrected chi connectivity index (χ3v) is 5.26. The lowest BCUT2D eigenvalue weighted by Crippen LogP contribution is -2.47. The van der Waals surface area contributed by atoms with Crippen molar-refractivity contribution in [2.24, 2.45) is 0 Å². The number of nitrogens with one attached hydrogen (secondary N) is 3. The summed E-state index contributed by atoms with van der Waals surface area (Å²) in [6.07, 6.45) is 0. The van der Waals surface area contributed by atoms with E-state index in [2.05, 4.69) is 16.2 Å². The van der Waals surface area contributed by atoms with Crippen molar-refractivity contribution >= 4 is 58.2 Å². The van der Waals surface area contributed by atoms with Crippen molar-refractivity contribution in [3.8, 4) is 0 Å². The van der Waals surface area contributed by atoms with Gasteiger partial charge in [0.1, 0.15) is 0 Å². The Hall–Kier alpha value is -1.47. The molecule has 0 aliphatic rings. The zero-order valence-electron chi connectivity index (χ0n) is 14.1. The second-order valence-electron chi connectivity index (χ2n) is 5.51. The smallest absolute Gasteiger partial charge is 0.248 e. The summed E-state index contributed by atoms with van der Waals surface area (Å²) in [6.45, 7) is 2.00. The number of hydrogen-bond donors (Lipinski definition) is 3. The molecule has 0 aliphatic heterocycles. The largest absolute Gasteiger partial charge is 0.355 e. The summed E-state index contributed by atoms with van der Waals surface area (Å²) in [6, 6.07) is 15.3. The van der Waals surface area contributed by atoms with Crippen LogP contribution < -0.4 is 16.2 Å². The monoisotopic (exact) mass is 427 g/mol. The Morgan fingerprint density at radius 1 is 1.15 bits per heavy atom. The van der Waals surface area contributed by atoms with E-state index in [0.29, 0.717) is 20.9 Å². The van der Waals surface area contributed by atoms with Crippen LogP contribution in [0.25, 0.3) is 0 Å². The van der Waals surface area contributed by atoms with Gasteiger partial charge in [-0.2, -0.15) is 0 Å². The van der Waals surface area contributed by atoms with Crippen LogP contribution in [0.15, 0.2) is 48.5 Å². The summed E-state index contributed by atoms with van der Waals surface area (Å²) in [7, 11) is 0. The topological polar surface area (TPSA) is 53.2 Å². The Morgan fingerprint density at radius 2 is 1.88 bits per heavy atom. The number of amides is 1. The van der Waals surface area contributed by atoms with E-state index in [9.17, 15) is 4.79 Å². The summed E-state index contributed by atoms with van der Waals surface area (Å²) in [5.74, 6) is 0.733. The van der Waals surface area contributed by atoms with Crippen molar-refractivity contribution < 1.29 is 4.79 Å². The zero-order chi connectivity index (χ0) is 18.9. The zero-order valence-corrected chi connectivity index (χ0v) is 17.2. The molecule has 1 atom stereocenters. The lowest BCUT2D eigenvalue weighted by atomic mass is 10.1. The lowest BCUT2D eigenvalue weighted by molar-refractivity contribution is -0.119. The van der Waals surface area contributed by atoms with Crippen molar-refractivity contribution in [1.82, 2.24) is 16.2 Å². The van der Waals surface area contributed by atoms with Gasteiger partial charge < -0.3 is 5.32 Å². The molecule has 0 radical (unpaired) electrons. The molecule has 0 fully saturated rings. The molecule has 3 N–H and O–H groups in total. The van der Waals surface area contributed by atoms with E-state index in [1.165, 1.54) is 11.8 Å². The summed E-state index contributed by atoms with van der Waals surface area (Å²) in [5, 5.41) is 4.67. The summed E-state index contributed by atoms with van der Waals surface area (Å²) in [4.78, 5) is 11.9. The van der Waals surface area contributed by atoms with Crippen molar-refractivity contribution in [1.29, 1.82) is 0 Å². The molecule has 0 saturated carbocycles. The number of rotatable bonds is 6. The van der Waals surface area contributed by atoms with Gasteiger partial charge in [0.25, 0.3) is 0 Å². The minimum Gasteiger partial charge on any atom is -0.355 e. The van der Waals surface area contributed by atoms with Gasteiger partial charge >= 0.3 is 0 Å². The lowest BCUT2D eigenvalue weighted by Gasteiger charge is -2.17. The quantitative estimate of drug-likeness (QED) is 0.468. The van der Waals surface area contributed by atoms with Crippen LogP contribution in [0.4, 0.5) is 0 Å². The third-order valence-electron chi connectivity index (χ3n) is 3.47. The number of thioether (sulfide) groups is 1. The Bertz CT molecular complexity index is 759. The summed E-state index contributed by atoms with van der Waals surface area (Å²) in [5.41, 5.74) is 7.35. The molecular formula is C18H19Cl2N3OS2. The molecule has 4 nitrogen and oxygen atoms in total. The highest BCUT2D eigenvalue weighted by Gasteiger charge is 2.08. The minimum atomic E-state index is -0.170. The number of carbonyl (C=O) groups excluding carboxylic acids is 1. The van der Waals surface area contributed by atoms with Gasteiger partial charge in [0.05, 0.1) is 11.8 Å². The number of benzene rings is 2. The van der Waals surface area contributed by atoms with Crippen LogP contribution in [0.3, 0.4) is 0 Å². The normalized spacial score (nSPS) is 11.5. The van der Waals surface area contributed by atoms with Gasteiger partial charge in [-0.25, -0.2) is 0 Å². The van der Waals surface area contributed by atoms with Crippen LogP contribution in [0.5, 0.6) is 0 Å². The highest BCUT2D eigenvalue weighted by Crippen LogP contribution is 2.24. The van der Waals surface area contributed by atoms with Crippen LogP contribution in [-0.2, 0) is 10.5 Å². The molecule has 8 heteroatoms. The SMILES string of the molecule is C[C@H](NC(=S)NNC(=O)CSCc1ccc(Cl)cc1Cl)c1ccccc1. The number of carbonyl (C=O) groups is 1. The predicted molar refractivity (Wildman–Crippen MR) is 114 cm³/mol. The molecule has 0 unspecified atom stereocenters. The van der Waals surface area contributed by atoms with Gasteiger partial charge in [-0.3, -0.25) is 15.6 Å². The first-order chi connectivity index (χ1) is 12.5. The molecule has 2 aromatic carbocycles. The van der Waals surface area contributed by atoms with E-state index in [1.807, 2.05) is 43.3 Å². The van der Waals surface area contributed by atoms with Crippen LogP contribution in [0.2, 0.25) is 10.0 Å². The molecule has 138 valence electrons. The molecule has 2 rings (SSSR count).